The van der Waals surface area contributed by atoms with Gasteiger partial charge in [-0.2, -0.15) is 0 Å². The summed E-state index contributed by atoms with van der Waals surface area (Å²) in [5.41, 5.74) is 2.30. The number of amides is 6. The SMILES string of the molecule is COc1ccc(CCC2(C)NC(=O)N(CC(=O)NC(=O)Nc3ccc(C)cc3C)C2=O)cc1. The Morgan fingerprint density at radius 3 is 2.42 bits per heavy atom. The molecule has 0 aliphatic carbocycles. The first-order valence-electron chi connectivity index (χ1n) is 10.6. The highest BCUT2D eigenvalue weighted by molar-refractivity contribution is 6.10. The fourth-order valence-electron chi connectivity index (χ4n) is 3.66. The topological polar surface area (TPSA) is 117 Å². The van der Waals surface area contributed by atoms with Crippen LogP contribution in [0.1, 0.15) is 30.0 Å². The summed E-state index contributed by atoms with van der Waals surface area (Å²) in [6, 6.07) is 11.5. The molecule has 0 bridgehead atoms. The molecule has 0 spiro atoms. The molecule has 9 heteroatoms. The number of nitrogens with zero attached hydrogens (tertiary/aromatic N) is 1. The quantitative estimate of drug-likeness (QED) is 0.559. The van der Waals surface area contributed by atoms with E-state index in [1.165, 1.54) is 0 Å². The molecule has 9 nitrogen and oxygen atoms in total. The second kappa shape index (κ2) is 9.72. The van der Waals surface area contributed by atoms with Crippen LogP contribution in [0.15, 0.2) is 42.5 Å². The number of benzene rings is 2. The van der Waals surface area contributed by atoms with Gasteiger partial charge in [-0.05, 0) is 62.9 Å². The Morgan fingerprint density at radius 2 is 1.79 bits per heavy atom. The first-order valence-corrected chi connectivity index (χ1v) is 10.6. The summed E-state index contributed by atoms with van der Waals surface area (Å²) in [5.74, 6) is -0.542. The number of nitrogens with one attached hydrogen (secondary N) is 3. The molecule has 2 aromatic rings. The molecule has 6 amide bonds. The van der Waals surface area contributed by atoms with Crippen molar-refractivity contribution in [1.29, 1.82) is 0 Å². The lowest BCUT2D eigenvalue weighted by molar-refractivity contribution is -0.134. The van der Waals surface area contributed by atoms with E-state index in [4.69, 9.17) is 4.74 Å². The molecule has 174 valence electrons. The van der Waals surface area contributed by atoms with Crippen LogP contribution in [0, 0.1) is 13.8 Å². The van der Waals surface area contributed by atoms with Gasteiger partial charge in [0.25, 0.3) is 5.91 Å². The minimum Gasteiger partial charge on any atom is -0.497 e. The molecule has 0 radical (unpaired) electrons. The molecular weight excluding hydrogens is 424 g/mol. The Morgan fingerprint density at radius 1 is 1.09 bits per heavy atom. The molecule has 1 aliphatic heterocycles. The highest BCUT2D eigenvalue weighted by Crippen LogP contribution is 2.24. The minimum absolute atomic E-state index is 0.356. The van der Waals surface area contributed by atoms with Crippen molar-refractivity contribution in [2.75, 3.05) is 19.0 Å². The Kier molecular flexibility index (Phi) is 7.01. The van der Waals surface area contributed by atoms with Crippen LogP contribution in [0.25, 0.3) is 0 Å². The normalized spacial score (nSPS) is 17.5. The van der Waals surface area contributed by atoms with Crippen LogP contribution < -0.4 is 20.7 Å². The van der Waals surface area contributed by atoms with Gasteiger partial charge in [-0.25, -0.2) is 9.59 Å². The van der Waals surface area contributed by atoms with E-state index in [2.05, 4.69) is 16.0 Å². The minimum atomic E-state index is -1.14. The lowest BCUT2D eigenvalue weighted by Crippen LogP contribution is -2.46. The molecule has 3 N–H and O–H groups in total. The lowest BCUT2D eigenvalue weighted by atomic mass is 9.93. The highest BCUT2D eigenvalue weighted by atomic mass is 16.5. The van der Waals surface area contributed by atoms with Crippen LogP contribution in [-0.4, -0.2) is 48.0 Å². The standard InChI is InChI=1S/C24H28N4O5/c1-15-5-10-19(16(2)13-15)25-22(31)26-20(29)14-28-21(30)24(3,27-23(28)32)12-11-17-6-8-18(33-4)9-7-17/h5-10,13H,11-12,14H2,1-4H3,(H,27,32)(H2,25,26,29,31). The third kappa shape index (κ3) is 5.68. The van der Waals surface area contributed by atoms with Gasteiger partial charge in [-0.3, -0.25) is 19.8 Å². The Balaban J connectivity index is 1.55. The van der Waals surface area contributed by atoms with Gasteiger partial charge in [0.05, 0.1) is 7.11 Å². The van der Waals surface area contributed by atoms with Crippen molar-refractivity contribution in [3.63, 3.8) is 0 Å². The smallest absolute Gasteiger partial charge is 0.325 e. The average Bonchev–Trinajstić information content (AvgIpc) is 2.98. The van der Waals surface area contributed by atoms with Gasteiger partial charge in [0.1, 0.15) is 17.8 Å². The van der Waals surface area contributed by atoms with Gasteiger partial charge >= 0.3 is 12.1 Å². The van der Waals surface area contributed by atoms with Crippen molar-refractivity contribution < 1.29 is 23.9 Å². The molecule has 1 aliphatic rings. The monoisotopic (exact) mass is 452 g/mol. The Labute approximate surface area is 192 Å². The van der Waals surface area contributed by atoms with Crippen LogP contribution in [0.5, 0.6) is 5.75 Å². The van der Waals surface area contributed by atoms with Crippen molar-refractivity contribution in [2.45, 2.75) is 39.2 Å². The zero-order valence-corrected chi connectivity index (χ0v) is 19.2. The van der Waals surface area contributed by atoms with Crippen molar-refractivity contribution >= 4 is 29.6 Å². The zero-order valence-electron chi connectivity index (χ0n) is 19.2. The molecule has 2 aromatic carbocycles. The first-order chi connectivity index (χ1) is 15.6. The summed E-state index contributed by atoms with van der Waals surface area (Å²) in [4.78, 5) is 50.6. The summed E-state index contributed by atoms with van der Waals surface area (Å²) >= 11 is 0. The maximum absolute atomic E-state index is 12.9. The summed E-state index contributed by atoms with van der Waals surface area (Å²) in [7, 11) is 1.58. The lowest BCUT2D eigenvalue weighted by Gasteiger charge is -2.21. The van der Waals surface area contributed by atoms with Gasteiger partial charge in [-0.1, -0.05) is 29.8 Å². The maximum atomic E-state index is 12.9. The van der Waals surface area contributed by atoms with Crippen molar-refractivity contribution in [2.24, 2.45) is 0 Å². The Bertz CT molecular complexity index is 1080. The van der Waals surface area contributed by atoms with E-state index in [1.807, 2.05) is 50.2 Å². The molecule has 0 aromatic heterocycles. The third-order valence-corrected chi connectivity index (χ3v) is 5.60. The molecule has 33 heavy (non-hydrogen) atoms. The number of carbonyl (C=O) groups excluding carboxylic acids is 4. The summed E-state index contributed by atoms with van der Waals surface area (Å²) in [6.45, 7) is 4.85. The number of hydrogen-bond acceptors (Lipinski definition) is 5. The van der Waals surface area contributed by atoms with Crippen LogP contribution >= 0.6 is 0 Å². The number of carbonyl (C=O) groups is 4. The summed E-state index contributed by atoms with van der Waals surface area (Å²) < 4.78 is 5.14. The summed E-state index contributed by atoms with van der Waals surface area (Å²) in [5, 5.41) is 7.42. The van der Waals surface area contributed by atoms with E-state index >= 15 is 0 Å². The summed E-state index contributed by atoms with van der Waals surface area (Å²) in [6.07, 6.45) is 0.903. The van der Waals surface area contributed by atoms with Crippen LogP contribution in [-0.2, 0) is 16.0 Å². The number of methoxy groups -OCH3 is 1. The number of urea groups is 2. The van der Waals surface area contributed by atoms with Gasteiger partial charge < -0.3 is 15.4 Å². The Hall–Kier alpha value is -3.88. The zero-order chi connectivity index (χ0) is 24.2. The van der Waals surface area contributed by atoms with Crippen molar-refractivity contribution in [3.05, 3.63) is 59.2 Å². The van der Waals surface area contributed by atoms with E-state index < -0.39 is 36.0 Å². The predicted octanol–water partition coefficient (Wildman–Crippen LogP) is 2.90. The van der Waals surface area contributed by atoms with Crippen molar-refractivity contribution in [3.8, 4) is 5.75 Å². The maximum Gasteiger partial charge on any atom is 0.325 e. The fraction of sp³-hybridized carbons (Fsp3) is 0.333. The van der Waals surface area contributed by atoms with Crippen LogP contribution in [0.2, 0.25) is 0 Å². The third-order valence-electron chi connectivity index (χ3n) is 5.60. The number of rotatable bonds is 7. The van der Waals surface area contributed by atoms with Gasteiger partial charge in [0.2, 0.25) is 5.91 Å². The molecule has 0 saturated carbocycles. The number of imide groups is 2. The molecule has 1 saturated heterocycles. The highest BCUT2D eigenvalue weighted by Gasteiger charge is 2.47. The van der Waals surface area contributed by atoms with E-state index in [0.29, 0.717) is 18.5 Å². The number of ether oxygens (including phenoxy) is 1. The molecule has 1 atom stereocenters. The second-order valence-electron chi connectivity index (χ2n) is 8.32. The van der Waals surface area contributed by atoms with Crippen LogP contribution in [0.4, 0.5) is 15.3 Å². The van der Waals surface area contributed by atoms with Crippen molar-refractivity contribution in [1.82, 2.24) is 15.5 Å². The predicted molar refractivity (Wildman–Crippen MR) is 123 cm³/mol. The number of anilines is 1. The largest absolute Gasteiger partial charge is 0.497 e. The van der Waals surface area contributed by atoms with Gasteiger partial charge in [0, 0.05) is 5.69 Å². The fourth-order valence-corrected chi connectivity index (χ4v) is 3.66. The molecule has 1 fully saturated rings. The van der Waals surface area contributed by atoms with Gasteiger partial charge in [0.15, 0.2) is 0 Å². The second-order valence-corrected chi connectivity index (χ2v) is 8.32. The molecule has 3 rings (SSSR count). The average molecular weight is 453 g/mol. The first kappa shape index (κ1) is 23.8. The number of aryl methyl sites for hydroxylation is 3. The number of hydrogen-bond donors (Lipinski definition) is 3. The van der Waals surface area contributed by atoms with E-state index in [9.17, 15) is 19.2 Å². The molecule has 1 unspecified atom stereocenters. The van der Waals surface area contributed by atoms with E-state index in [-0.39, 0.29) is 0 Å². The van der Waals surface area contributed by atoms with E-state index in [1.54, 1.807) is 20.1 Å². The van der Waals surface area contributed by atoms with E-state index in [0.717, 1.165) is 27.3 Å². The molecular formula is C24H28N4O5. The molecule has 1 heterocycles. The van der Waals surface area contributed by atoms with Gasteiger partial charge in [-0.15, -0.1) is 0 Å². The van der Waals surface area contributed by atoms with Crippen LogP contribution in [0.3, 0.4) is 0 Å².